The summed E-state index contributed by atoms with van der Waals surface area (Å²) in [5.74, 6) is 2.23. The van der Waals surface area contributed by atoms with Crippen molar-refractivity contribution < 1.29 is 14.3 Å². The largest absolute Gasteiger partial charge is 0.493 e. The minimum atomic E-state index is 0.227. The fourth-order valence-corrected chi connectivity index (χ4v) is 5.21. The van der Waals surface area contributed by atoms with E-state index in [1.54, 1.807) is 14.2 Å². The van der Waals surface area contributed by atoms with Crippen molar-refractivity contribution in [3.63, 3.8) is 0 Å². The van der Waals surface area contributed by atoms with Crippen molar-refractivity contribution >= 4 is 21.8 Å². The molecule has 1 amide bonds. The summed E-state index contributed by atoms with van der Waals surface area (Å²) >= 11 is 3.50. The molecule has 1 fully saturated rings. The minimum absolute atomic E-state index is 0.227. The molecule has 4 rings (SSSR count). The highest BCUT2D eigenvalue weighted by molar-refractivity contribution is 9.10. The van der Waals surface area contributed by atoms with Gasteiger partial charge in [0.2, 0.25) is 5.91 Å². The van der Waals surface area contributed by atoms with E-state index < -0.39 is 0 Å². The maximum Gasteiger partial charge on any atom is 0.227 e. The Morgan fingerprint density at radius 2 is 1.75 bits per heavy atom. The third kappa shape index (κ3) is 5.65. The fourth-order valence-electron chi connectivity index (χ4n) is 4.94. The monoisotopic (exact) mass is 500 g/mol. The Kier molecular flexibility index (Phi) is 7.74. The van der Waals surface area contributed by atoms with Gasteiger partial charge in [-0.25, -0.2) is 0 Å². The number of likely N-dealkylation sites (tertiary alicyclic amines) is 1. The number of halogens is 1. The van der Waals surface area contributed by atoms with Gasteiger partial charge in [0.15, 0.2) is 11.5 Å². The van der Waals surface area contributed by atoms with Crippen molar-refractivity contribution in [2.45, 2.75) is 32.1 Å². The van der Waals surface area contributed by atoms with E-state index in [1.165, 1.54) is 24.0 Å². The van der Waals surface area contributed by atoms with E-state index in [0.29, 0.717) is 18.1 Å². The van der Waals surface area contributed by atoms with Gasteiger partial charge >= 0.3 is 0 Å². The Morgan fingerprint density at radius 1 is 1.03 bits per heavy atom. The van der Waals surface area contributed by atoms with Crippen molar-refractivity contribution in [2.75, 3.05) is 46.9 Å². The maximum atomic E-state index is 13.0. The highest BCUT2D eigenvalue weighted by atomic mass is 79.9. The lowest BCUT2D eigenvalue weighted by Gasteiger charge is -2.24. The molecule has 0 N–H and O–H groups in total. The van der Waals surface area contributed by atoms with Crippen LogP contribution in [0.2, 0.25) is 0 Å². The predicted molar refractivity (Wildman–Crippen MR) is 131 cm³/mol. The summed E-state index contributed by atoms with van der Waals surface area (Å²) in [6, 6.07) is 12.6. The average molecular weight is 501 g/mol. The molecule has 32 heavy (non-hydrogen) atoms. The molecule has 0 aromatic heterocycles. The number of rotatable bonds is 8. The second-order valence-electron chi connectivity index (χ2n) is 8.93. The molecule has 1 saturated heterocycles. The number of carbonyl (C=O) groups excluding carboxylic acids is 1. The van der Waals surface area contributed by atoms with Gasteiger partial charge in [0.25, 0.3) is 0 Å². The summed E-state index contributed by atoms with van der Waals surface area (Å²) < 4.78 is 12.0. The zero-order valence-electron chi connectivity index (χ0n) is 19.1. The van der Waals surface area contributed by atoms with Gasteiger partial charge in [0.05, 0.1) is 20.6 Å². The summed E-state index contributed by atoms with van der Waals surface area (Å²) in [7, 11) is 3.29. The van der Waals surface area contributed by atoms with Crippen molar-refractivity contribution in [3.8, 4) is 11.5 Å². The summed E-state index contributed by atoms with van der Waals surface area (Å²) in [4.78, 5) is 17.6. The molecule has 0 radical (unpaired) electrons. The number of fused-ring (bicyclic) bond motifs is 1. The van der Waals surface area contributed by atoms with Crippen molar-refractivity contribution in [2.24, 2.45) is 5.92 Å². The lowest BCUT2D eigenvalue weighted by atomic mass is 10.0. The standard InChI is InChI=1S/C26H33BrN2O3/c1-31-24-14-21-10-13-29(26(30)16-22(21)15-25(24)32-2)18-20-9-12-28(17-20)11-3-4-19-5-7-23(27)8-6-19/h5-8,14-15,20H,3-4,9-13,16-18H2,1-2H3. The first-order chi connectivity index (χ1) is 15.6. The number of nitrogens with zero attached hydrogens (tertiary/aromatic N) is 2. The van der Waals surface area contributed by atoms with E-state index >= 15 is 0 Å². The molecule has 0 saturated carbocycles. The molecule has 2 aromatic carbocycles. The lowest BCUT2D eigenvalue weighted by Crippen LogP contribution is -2.37. The van der Waals surface area contributed by atoms with Gasteiger partial charge in [-0.15, -0.1) is 0 Å². The van der Waals surface area contributed by atoms with Crippen LogP contribution in [0.4, 0.5) is 0 Å². The van der Waals surface area contributed by atoms with Gasteiger partial charge in [-0.2, -0.15) is 0 Å². The third-order valence-corrected chi connectivity index (χ3v) is 7.28. The fraction of sp³-hybridized carbons (Fsp3) is 0.500. The number of carbonyl (C=O) groups is 1. The molecule has 2 aliphatic rings. The van der Waals surface area contributed by atoms with Gasteiger partial charge in [0.1, 0.15) is 0 Å². The van der Waals surface area contributed by atoms with Crippen LogP contribution in [0.25, 0.3) is 0 Å². The first-order valence-electron chi connectivity index (χ1n) is 11.5. The number of amides is 1. The average Bonchev–Trinajstić information content (AvgIpc) is 3.18. The van der Waals surface area contributed by atoms with E-state index in [9.17, 15) is 4.79 Å². The van der Waals surface area contributed by atoms with E-state index in [4.69, 9.17) is 9.47 Å². The number of methoxy groups -OCH3 is 2. The first kappa shape index (κ1) is 23.1. The van der Waals surface area contributed by atoms with Crippen LogP contribution in [0.1, 0.15) is 29.5 Å². The molecule has 2 heterocycles. The van der Waals surface area contributed by atoms with E-state index in [1.807, 2.05) is 12.1 Å². The van der Waals surface area contributed by atoms with Crippen LogP contribution in [0, 0.1) is 5.92 Å². The first-order valence-corrected chi connectivity index (χ1v) is 12.3. The Balaban J connectivity index is 1.27. The van der Waals surface area contributed by atoms with Crippen LogP contribution >= 0.6 is 15.9 Å². The van der Waals surface area contributed by atoms with Gasteiger partial charge in [0, 0.05) is 24.1 Å². The topological polar surface area (TPSA) is 42.0 Å². The smallest absolute Gasteiger partial charge is 0.227 e. The van der Waals surface area contributed by atoms with Crippen LogP contribution in [0.5, 0.6) is 11.5 Å². The van der Waals surface area contributed by atoms with Crippen molar-refractivity contribution in [1.82, 2.24) is 9.80 Å². The van der Waals surface area contributed by atoms with Gasteiger partial charge in [-0.1, -0.05) is 28.1 Å². The summed E-state index contributed by atoms with van der Waals surface area (Å²) in [6.07, 6.45) is 4.78. The zero-order valence-corrected chi connectivity index (χ0v) is 20.7. The maximum absolute atomic E-state index is 13.0. The molecule has 2 aliphatic heterocycles. The van der Waals surface area contributed by atoms with Crippen LogP contribution in [-0.2, 0) is 24.1 Å². The number of benzene rings is 2. The molecule has 1 atom stereocenters. The lowest BCUT2D eigenvalue weighted by molar-refractivity contribution is -0.130. The molecule has 0 aliphatic carbocycles. The van der Waals surface area contributed by atoms with Gasteiger partial charge in [-0.05, 0) is 85.6 Å². The van der Waals surface area contributed by atoms with Gasteiger partial charge in [-0.3, -0.25) is 4.79 Å². The van der Waals surface area contributed by atoms with Crippen molar-refractivity contribution in [3.05, 3.63) is 57.6 Å². The highest BCUT2D eigenvalue weighted by Crippen LogP contribution is 2.32. The molecule has 2 aromatic rings. The summed E-state index contributed by atoms with van der Waals surface area (Å²) in [5.41, 5.74) is 3.66. The summed E-state index contributed by atoms with van der Waals surface area (Å²) in [5, 5.41) is 0. The number of hydrogen-bond donors (Lipinski definition) is 0. The molecule has 6 heteroatoms. The predicted octanol–water partition coefficient (Wildman–Crippen LogP) is 4.35. The van der Waals surface area contributed by atoms with Crippen molar-refractivity contribution in [1.29, 1.82) is 0 Å². The second-order valence-corrected chi connectivity index (χ2v) is 9.84. The highest BCUT2D eigenvalue weighted by Gasteiger charge is 2.28. The van der Waals surface area contributed by atoms with Crippen LogP contribution in [-0.4, -0.2) is 62.7 Å². The van der Waals surface area contributed by atoms with E-state index in [0.717, 1.165) is 61.4 Å². The Bertz CT molecular complexity index is 931. The van der Waals surface area contributed by atoms with E-state index in [-0.39, 0.29) is 5.91 Å². The number of hydrogen-bond acceptors (Lipinski definition) is 4. The molecule has 172 valence electrons. The number of aryl methyl sites for hydroxylation is 1. The van der Waals surface area contributed by atoms with Crippen LogP contribution in [0.15, 0.2) is 40.9 Å². The molecule has 0 bridgehead atoms. The molecule has 5 nitrogen and oxygen atoms in total. The third-order valence-electron chi connectivity index (χ3n) is 6.75. The quantitative estimate of drug-likeness (QED) is 0.540. The Morgan fingerprint density at radius 3 is 2.47 bits per heavy atom. The SMILES string of the molecule is COc1cc2c(cc1OC)CC(=O)N(CC1CCN(CCCc3ccc(Br)cc3)C1)CC2. The molecular formula is C26H33BrN2O3. The van der Waals surface area contributed by atoms with Crippen LogP contribution in [0.3, 0.4) is 0 Å². The zero-order chi connectivity index (χ0) is 22.5. The van der Waals surface area contributed by atoms with Gasteiger partial charge < -0.3 is 19.3 Å². The van der Waals surface area contributed by atoms with Crippen LogP contribution < -0.4 is 9.47 Å². The Labute approximate surface area is 199 Å². The second kappa shape index (κ2) is 10.7. The molecule has 1 unspecified atom stereocenters. The minimum Gasteiger partial charge on any atom is -0.493 e. The molecule has 0 spiro atoms. The van der Waals surface area contributed by atoms with E-state index in [2.05, 4.69) is 50.0 Å². The Hall–Kier alpha value is -2.05. The summed E-state index contributed by atoms with van der Waals surface area (Å²) in [6.45, 7) is 5.01. The normalized spacial score (nSPS) is 19.0. The number of ether oxygens (including phenoxy) is 2. The molecular weight excluding hydrogens is 468 g/mol.